The smallest absolute Gasteiger partial charge is 0.330 e. The number of aromatic nitrogens is 4. The third-order valence-corrected chi connectivity index (χ3v) is 6.86. The number of carbonyl (C=O) groups is 1. The van der Waals surface area contributed by atoms with E-state index in [0.29, 0.717) is 36.7 Å². The number of amides is 1. The van der Waals surface area contributed by atoms with E-state index in [1.807, 2.05) is 39.8 Å². The van der Waals surface area contributed by atoms with Gasteiger partial charge in [-0.2, -0.15) is 0 Å². The van der Waals surface area contributed by atoms with Crippen molar-refractivity contribution in [3.63, 3.8) is 0 Å². The monoisotopic (exact) mass is 464 g/mol. The number of aryl methyl sites for hydroxylation is 1. The van der Waals surface area contributed by atoms with Crippen LogP contribution in [-0.4, -0.2) is 61.0 Å². The van der Waals surface area contributed by atoms with E-state index in [0.717, 1.165) is 63.3 Å². The van der Waals surface area contributed by atoms with Crippen LogP contribution in [0.5, 0.6) is 0 Å². The molecule has 1 saturated heterocycles. The number of hydrogen-bond acceptors (Lipinski definition) is 5. The number of rotatable bonds is 8. The Bertz CT molecular complexity index is 1280. The van der Waals surface area contributed by atoms with Gasteiger partial charge in [-0.05, 0) is 24.8 Å². The molecular formula is C25H32N6O3. The summed E-state index contributed by atoms with van der Waals surface area (Å²) in [5.74, 6) is 1.34. The fourth-order valence-electron chi connectivity index (χ4n) is 4.72. The van der Waals surface area contributed by atoms with Crippen molar-refractivity contribution in [1.82, 2.24) is 28.9 Å². The third-order valence-electron chi connectivity index (χ3n) is 6.86. The van der Waals surface area contributed by atoms with E-state index in [2.05, 4.69) is 16.8 Å². The Morgan fingerprint density at radius 1 is 1.03 bits per heavy atom. The largest absolute Gasteiger partial charge is 0.340 e. The van der Waals surface area contributed by atoms with Gasteiger partial charge >= 0.3 is 5.69 Å². The van der Waals surface area contributed by atoms with Crippen LogP contribution in [0.4, 0.5) is 0 Å². The lowest BCUT2D eigenvalue weighted by molar-refractivity contribution is -0.134. The molecule has 3 heterocycles. The molecule has 0 atom stereocenters. The Kier molecular flexibility index (Phi) is 6.36. The summed E-state index contributed by atoms with van der Waals surface area (Å²) in [6.45, 7) is 6.74. The number of piperazine rings is 1. The summed E-state index contributed by atoms with van der Waals surface area (Å²) >= 11 is 0. The first-order valence-electron chi connectivity index (χ1n) is 12.3. The number of unbranched alkanes of at least 4 members (excludes halogenated alkanes) is 1. The Balaban J connectivity index is 1.45. The maximum atomic E-state index is 12.9. The second kappa shape index (κ2) is 9.58. The summed E-state index contributed by atoms with van der Waals surface area (Å²) < 4.78 is 3.55. The summed E-state index contributed by atoms with van der Waals surface area (Å²) in [6, 6.07) is 9.72. The minimum absolute atomic E-state index is 0.248. The van der Waals surface area contributed by atoms with Crippen LogP contribution in [0.1, 0.15) is 44.0 Å². The lowest BCUT2D eigenvalue weighted by Crippen LogP contribution is -2.49. The normalized spacial score (nSPS) is 16.9. The van der Waals surface area contributed by atoms with Crippen molar-refractivity contribution >= 4 is 17.1 Å². The van der Waals surface area contributed by atoms with E-state index >= 15 is 0 Å². The van der Waals surface area contributed by atoms with Crippen LogP contribution in [0.3, 0.4) is 0 Å². The number of hydrogen-bond donors (Lipinski definition) is 1. The van der Waals surface area contributed by atoms with E-state index in [1.165, 1.54) is 0 Å². The molecule has 1 aliphatic heterocycles. The van der Waals surface area contributed by atoms with Crippen molar-refractivity contribution in [3.05, 3.63) is 62.6 Å². The van der Waals surface area contributed by atoms with Gasteiger partial charge in [0, 0.05) is 38.6 Å². The van der Waals surface area contributed by atoms with Gasteiger partial charge in [-0.1, -0.05) is 43.7 Å². The van der Waals surface area contributed by atoms with Crippen molar-refractivity contribution in [3.8, 4) is 0 Å². The molecule has 1 N–H and O–H groups in total. The van der Waals surface area contributed by atoms with Gasteiger partial charge < -0.3 is 9.47 Å². The van der Waals surface area contributed by atoms with Crippen molar-refractivity contribution in [1.29, 1.82) is 0 Å². The Morgan fingerprint density at radius 2 is 1.76 bits per heavy atom. The quantitative estimate of drug-likeness (QED) is 0.548. The predicted molar refractivity (Wildman–Crippen MR) is 130 cm³/mol. The number of nitrogens with one attached hydrogen (secondary N) is 1. The third kappa shape index (κ3) is 4.57. The van der Waals surface area contributed by atoms with Crippen molar-refractivity contribution in [2.45, 2.75) is 52.2 Å². The maximum Gasteiger partial charge on any atom is 0.330 e. The number of carbonyl (C=O) groups excluding carboxylic acids is 1. The molecule has 1 aromatic carbocycles. The molecule has 2 aliphatic rings. The molecule has 9 heteroatoms. The fraction of sp³-hybridized carbons (Fsp3) is 0.520. The van der Waals surface area contributed by atoms with Crippen LogP contribution in [-0.2, 0) is 24.4 Å². The standard InChI is InChI=1S/C25H32N6O3/c1-2-3-11-30-20(17-28-12-14-29(15-13-28)24(33)19-9-10-19)26-22-21(30)23(32)27-25(34)31(22)16-18-7-5-4-6-8-18/h4-8,19H,2-3,9-17H2,1H3,(H,27,32,34). The van der Waals surface area contributed by atoms with E-state index in [-0.39, 0.29) is 11.5 Å². The van der Waals surface area contributed by atoms with Gasteiger partial charge in [0.25, 0.3) is 5.56 Å². The van der Waals surface area contributed by atoms with Crippen LogP contribution < -0.4 is 11.2 Å². The molecule has 34 heavy (non-hydrogen) atoms. The molecule has 0 radical (unpaired) electrons. The highest BCUT2D eigenvalue weighted by Gasteiger charge is 2.34. The first-order chi connectivity index (χ1) is 16.5. The van der Waals surface area contributed by atoms with E-state index in [9.17, 15) is 14.4 Å². The lowest BCUT2D eigenvalue weighted by atomic mass is 10.2. The zero-order valence-corrected chi connectivity index (χ0v) is 19.7. The summed E-state index contributed by atoms with van der Waals surface area (Å²) in [5, 5.41) is 0. The zero-order chi connectivity index (χ0) is 23.7. The molecule has 5 rings (SSSR count). The first kappa shape index (κ1) is 22.6. The minimum atomic E-state index is -0.444. The van der Waals surface area contributed by atoms with Gasteiger partial charge in [-0.15, -0.1) is 0 Å². The second-order valence-electron chi connectivity index (χ2n) is 9.41. The summed E-state index contributed by atoms with van der Waals surface area (Å²) in [7, 11) is 0. The number of nitrogens with zero attached hydrogens (tertiary/aromatic N) is 5. The predicted octanol–water partition coefficient (Wildman–Crippen LogP) is 1.79. The average molecular weight is 465 g/mol. The maximum absolute atomic E-state index is 12.9. The van der Waals surface area contributed by atoms with Gasteiger partial charge in [0.1, 0.15) is 5.82 Å². The first-order valence-corrected chi connectivity index (χ1v) is 12.3. The second-order valence-corrected chi connectivity index (χ2v) is 9.41. The molecular weight excluding hydrogens is 432 g/mol. The number of imidazole rings is 1. The van der Waals surface area contributed by atoms with Crippen molar-refractivity contribution < 1.29 is 4.79 Å². The lowest BCUT2D eigenvalue weighted by Gasteiger charge is -2.34. The van der Waals surface area contributed by atoms with Crippen molar-refractivity contribution in [2.24, 2.45) is 5.92 Å². The fourth-order valence-corrected chi connectivity index (χ4v) is 4.72. The summed E-state index contributed by atoms with van der Waals surface area (Å²) in [6.07, 6.45) is 3.96. The Labute approximate surface area is 198 Å². The Morgan fingerprint density at radius 3 is 2.44 bits per heavy atom. The SMILES string of the molecule is CCCCn1c(CN2CCN(C(=O)C3CC3)CC2)nc2c1c(=O)[nH]c(=O)n2Cc1ccccc1. The van der Waals surface area contributed by atoms with Crippen LogP contribution in [0.2, 0.25) is 0 Å². The summed E-state index contributed by atoms with van der Waals surface area (Å²) in [4.78, 5) is 49.7. The number of H-pyrrole nitrogens is 1. The number of fused-ring (bicyclic) bond motifs is 1. The minimum Gasteiger partial charge on any atom is -0.340 e. The number of aromatic amines is 1. The van der Waals surface area contributed by atoms with Gasteiger partial charge in [-0.25, -0.2) is 9.78 Å². The molecule has 0 bridgehead atoms. The highest BCUT2D eigenvalue weighted by atomic mass is 16.2. The zero-order valence-electron chi connectivity index (χ0n) is 19.7. The highest BCUT2D eigenvalue weighted by molar-refractivity contribution is 5.81. The molecule has 2 aromatic heterocycles. The average Bonchev–Trinajstić information content (AvgIpc) is 3.63. The van der Waals surface area contributed by atoms with E-state index in [1.54, 1.807) is 4.57 Å². The van der Waals surface area contributed by atoms with E-state index in [4.69, 9.17) is 4.98 Å². The van der Waals surface area contributed by atoms with E-state index < -0.39 is 5.69 Å². The number of benzene rings is 1. The molecule has 2 fully saturated rings. The molecule has 1 saturated carbocycles. The molecule has 1 amide bonds. The topological polar surface area (TPSA) is 96.2 Å². The van der Waals surface area contributed by atoms with Gasteiger partial charge in [-0.3, -0.25) is 24.0 Å². The van der Waals surface area contributed by atoms with Crippen LogP contribution in [0.15, 0.2) is 39.9 Å². The molecule has 1 aliphatic carbocycles. The Hall–Kier alpha value is -3.20. The van der Waals surface area contributed by atoms with Crippen LogP contribution in [0.25, 0.3) is 11.2 Å². The molecule has 180 valence electrons. The molecule has 0 unspecified atom stereocenters. The van der Waals surface area contributed by atoms with Crippen LogP contribution in [0, 0.1) is 5.92 Å². The van der Waals surface area contributed by atoms with Gasteiger partial charge in [0.15, 0.2) is 11.2 Å². The van der Waals surface area contributed by atoms with Crippen LogP contribution >= 0.6 is 0 Å². The molecule has 9 nitrogen and oxygen atoms in total. The molecule has 3 aromatic rings. The van der Waals surface area contributed by atoms with Crippen molar-refractivity contribution in [2.75, 3.05) is 26.2 Å². The van der Waals surface area contributed by atoms with Gasteiger partial charge in [0.2, 0.25) is 5.91 Å². The molecule has 0 spiro atoms. The highest BCUT2D eigenvalue weighted by Crippen LogP contribution is 2.31. The van der Waals surface area contributed by atoms with Gasteiger partial charge in [0.05, 0.1) is 13.1 Å². The summed E-state index contributed by atoms with van der Waals surface area (Å²) in [5.41, 5.74) is 1.03.